The molecule has 2 aromatic carbocycles. The summed E-state index contributed by atoms with van der Waals surface area (Å²) >= 11 is 0. The van der Waals surface area contributed by atoms with Crippen LogP contribution in [0, 0.1) is 5.82 Å². The molecule has 9 heteroatoms. The first-order valence-electron chi connectivity index (χ1n) is 6.33. The van der Waals surface area contributed by atoms with Gasteiger partial charge in [0.25, 0.3) is 5.91 Å². The highest BCUT2D eigenvalue weighted by Crippen LogP contribution is 2.36. The Kier molecular flexibility index (Phi) is 4.54. The topological polar surface area (TPSA) is 29.1 Å². The monoisotopic (exact) mass is 351 g/mol. The standard InChI is InChI=1S/C15H8F7NO/c16-11-1-3-12(4-2-11)23-13(24)8-5-9(14(17,18)19)7-10(6-8)15(20,21)22/h1-7H,(H,23,24). The third-order valence-corrected chi connectivity index (χ3v) is 2.95. The lowest BCUT2D eigenvalue weighted by atomic mass is 10.0. The number of amides is 1. The number of benzene rings is 2. The van der Waals surface area contributed by atoms with E-state index in [0.717, 1.165) is 24.3 Å². The van der Waals surface area contributed by atoms with Crippen LogP contribution in [0.25, 0.3) is 0 Å². The summed E-state index contributed by atoms with van der Waals surface area (Å²) in [6.45, 7) is 0. The molecule has 2 rings (SSSR count). The molecule has 0 fully saturated rings. The van der Waals surface area contributed by atoms with Crippen LogP contribution in [0.5, 0.6) is 0 Å². The van der Waals surface area contributed by atoms with Gasteiger partial charge in [-0.2, -0.15) is 26.3 Å². The molecule has 0 aliphatic carbocycles. The molecule has 0 aliphatic rings. The molecule has 0 heterocycles. The quantitative estimate of drug-likeness (QED) is 0.748. The smallest absolute Gasteiger partial charge is 0.322 e. The second kappa shape index (κ2) is 6.14. The number of anilines is 1. The molecular formula is C15H8F7NO. The lowest BCUT2D eigenvalue weighted by Gasteiger charge is -2.14. The summed E-state index contributed by atoms with van der Waals surface area (Å²) < 4.78 is 89.1. The van der Waals surface area contributed by atoms with E-state index < -0.39 is 40.8 Å². The third-order valence-electron chi connectivity index (χ3n) is 2.95. The lowest BCUT2D eigenvalue weighted by molar-refractivity contribution is -0.143. The normalized spacial score (nSPS) is 12.1. The number of alkyl halides is 6. The van der Waals surface area contributed by atoms with Crippen molar-refractivity contribution in [3.8, 4) is 0 Å². The fourth-order valence-corrected chi connectivity index (χ4v) is 1.82. The van der Waals surface area contributed by atoms with Crippen molar-refractivity contribution in [2.75, 3.05) is 5.32 Å². The van der Waals surface area contributed by atoms with E-state index in [0.29, 0.717) is 12.1 Å². The SMILES string of the molecule is O=C(Nc1ccc(F)cc1)c1cc(C(F)(F)F)cc(C(F)(F)F)c1. The van der Waals surface area contributed by atoms with Gasteiger partial charge in [0.15, 0.2) is 0 Å². The van der Waals surface area contributed by atoms with Gasteiger partial charge in [0.05, 0.1) is 11.1 Å². The Hall–Kier alpha value is -2.58. The van der Waals surface area contributed by atoms with Crippen LogP contribution in [0.4, 0.5) is 36.4 Å². The molecule has 2 aromatic rings. The molecule has 0 bridgehead atoms. The first-order valence-corrected chi connectivity index (χ1v) is 6.33. The minimum atomic E-state index is -5.05. The second-order valence-corrected chi connectivity index (χ2v) is 4.76. The molecule has 128 valence electrons. The van der Waals surface area contributed by atoms with Crippen LogP contribution in [0.3, 0.4) is 0 Å². The summed E-state index contributed by atoms with van der Waals surface area (Å²) in [5, 5.41) is 2.10. The molecule has 0 atom stereocenters. The van der Waals surface area contributed by atoms with Crippen LogP contribution in [0.2, 0.25) is 0 Å². The predicted octanol–water partition coefficient (Wildman–Crippen LogP) is 5.12. The molecule has 0 spiro atoms. The molecule has 0 unspecified atom stereocenters. The van der Waals surface area contributed by atoms with Crippen LogP contribution in [0.1, 0.15) is 21.5 Å². The van der Waals surface area contributed by atoms with Gasteiger partial charge in [-0.3, -0.25) is 4.79 Å². The number of carbonyl (C=O) groups excluding carboxylic acids is 1. The molecule has 2 nitrogen and oxygen atoms in total. The van der Waals surface area contributed by atoms with E-state index in [-0.39, 0.29) is 11.8 Å². The summed E-state index contributed by atoms with van der Waals surface area (Å²) in [4.78, 5) is 11.9. The maximum atomic E-state index is 12.8. The highest BCUT2D eigenvalue weighted by molar-refractivity contribution is 6.04. The van der Waals surface area contributed by atoms with E-state index in [4.69, 9.17) is 0 Å². The van der Waals surface area contributed by atoms with Crippen LogP contribution >= 0.6 is 0 Å². The van der Waals surface area contributed by atoms with Crippen molar-refractivity contribution >= 4 is 11.6 Å². The maximum Gasteiger partial charge on any atom is 0.416 e. The van der Waals surface area contributed by atoms with Gasteiger partial charge >= 0.3 is 12.4 Å². The van der Waals surface area contributed by atoms with Gasteiger partial charge < -0.3 is 5.32 Å². The van der Waals surface area contributed by atoms with Crippen molar-refractivity contribution in [1.82, 2.24) is 0 Å². The van der Waals surface area contributed by atoms with Gasteiger partial charge in [-0.05, 0) is 42.5 Å². The van der Waals surface area contributed by atoms with E-state index in [1.807, 2.05) is 0 Å². The molecule has 1 amide bonds. The fraction of sp³-hybridized carbons (Fsp3) is 0.133. The highest BCUT2D eigenvalue weighted by atomic mass is 19.4. The Morgan fingerprint density at radius 2 is 1.25 bits per heavy atom. The first kappa shape index (κ1) is 17.8. The average molecular weight is 351 g/mol. The highest BCUT2D eigenvalue weighted by Gasteiger charge is 2.37. The minimum absolute atomic E-state index is 0.0207. The van der Waals surface area contributed by atoms with Gasteiger partial charge in [-0.25, -0.2) is 4.39 Å². The summed E-state index contributed by atoms with van der Waals surface area (Å²) in [5.41, 5.74) is -3.99. The summed E-state index contributed by atoms with van der Waals surface area (Å²) in [7, 11) is 0. The molecule has 0 aromatic heterocycles. The third kappa shape index (κ3) is 4.24. The average Bonchev–Trinajstić information content (AvgIpc) is 2.47. The first-order chi connectivity index (χ1) is 11.0. The van der Waals surface area contributed by atoms with Crippen molar-refractivity contribution in [1.29, 1.82) is 0 Å². The predicted molar refractivity (Wildman–Crippen MR) is 70.8 cm³/mol. The zero-order valence-corrected chi connectivity index (χ0v) is 11.6. The number of halogens is 7. The van der Waals surface area contributed by atoms with E-state index in [9.17, 15) is 35.5 Å². The lowest BCUT2D eigenvalue weighted by Crippen LogP contribution is -2.17. The molecule has 0 radical (unpaired) electrons. The second-order valence-electron chi connectivity index (χ2n) is 4.76. The molecule has 0 aliphatic heterocycles. The number of carbonyl (C=O) groups is 1. The summed E-state index contributed by atoms with van der Waals surface area (Å²) in [6.07, 6.45) is -10.1. The minimum Gasteiger partial charge on any atom is -0.322 e. The van der Waals surface area contributed by atoms with Gasteiger partial charge in [-0.15, -0.1) is 0 Å². The Morgan fingerprint density at radius 3 is 1.67 bits per heavy atom. The molecule has 0 saturated heterocycles. The largest absolute Gasteiger partial charge is 0.416 e. The molecule has 0 saturated carbocycles. The Bertz CT molecular complexity index is 716. The van der Waals surface area contributed by atoms with Crippen molar-refractivity contribution in [3.05, 3.63) is 65.0 Å². The summed E-state index contributed by atoms with van der Waals surface area (Å²) in [6, 6.07) is 4.74. The molecule has 1 N–H and O–H groups in total. The van der Waals surface area contributed by atoms with Gasteiger partial charge in [0.1, 0.15) is 5.82 Å². The van der Waals surface area contributed by atoms with Crippen LogP contribution < -0.4 is 5.32 Å². The Balaban J connectivity index is 2.40. The van der Waals surface area contributed by atoms with Crippen molar-refractivity contribution < 1.29 is 35.5 Å². The molecular weight excluding hydrogens is 343 g/mol. The van der Waals surface area contributed by atoms with Crippen LogP contribution in [0.15, 0.2) is 42.5 Å². The van der Waals surface area contributed by atoms with Gasteiger partial charge in [0, 0.05) is 11.3 Å². The zero-order chi connectivity index (χ0) is 18.1. The van der Waals surface area contributed by atoms with E-state index >= 15 is 0 Å². The maximum absolute atomic E-state index is 12.8. The van der Waals surface area contributed by atoms with E-state index in [1.54, 1.807) is 0 Å². The van der Waals surface area contributed by atoms with Gasteiger partial charge in [0.2, 0.25) is 0 Å². The van der Waals surface area contributed by atoms with E-state index in [2.05, 4.69) is 5.32 Å². The Morgan fingerprint density at radius 1 is 0.792 bits per heavy atom. The van der Waals surface area contributed by atoms with Crippen molar-refractivity contribution in [3.63, 3.8) is 0 Å². The van der Waals surface area contributed by atoms with Crippen LogP contribution in [-0.4, -0.2) is 5.91 Å². The van der Waals surface area contributed by atoms with Crippen LogP contribution in [-0.2, 0) is 12.4 Å². The van der Waals surface area contributed by atoms with Crippen molar-refractivity contribution in [2.24, 2.45) is 0 Å². The number of rotatable bonds is 2. The Labute approximate surface area is 130 Å². The number of nitrogens with one attached hydrogen (secondary N) is 1. The molecule has 24 heavy (non-hydrogen) atoms. The number of hydrogen-bond donors (Lipinski definition) is 1. The summed E-state index contributed by atoms with van der Waals surface area (Å²) in [5.74, 6) is -1.80. The van der Waals surface area contributed by atoms with Crippen molar-refractivity contribution in [2.45, 2.75) is 12.4 Å². The number of hydrogen-bond acceptors (Lipinski definition) is 1. The fourth-order valence-electron chi connectivity index (χ4n) is 1.82. The zero-order valence-electron chi connectivity index (χ0n) is 11.6. The van der Waals surface area contributed by atoms with E-state index in [1.165, 1.54) is 0 Å². The van der Waals surface area contributed by atoms with Gasteiger partial charge in [-0.1, -0.05) is 0 Å².